The highest BCUT2D eigenvalue weighted by atomic mass is 16.5. The van der Waals surface area contributed by atoms with Gasteiger partial charge < -0.3 is 19.7 Å². The maximum Gasteiger partial charge on any atom is 0.325 e. The van der Waals surface area contributed by atoms with Crippen LogP contribution in [0.15, 0.2) is 24.7 Å². The van der Waals surface area contributed by atoms with Crippen LogP contribution in [0.4, 0.5) is 5.82 Å². The van der Waals surface area contributed by atoms with Gasteiger partial charge in [0.1, 0.15) is 18.5 Å². The van der Waals surface area contributed by atoms with Crippen LogP contribution in [0, 0.1) is 5.92 Å². The maximum absolute atomic E-state index is 12.7. The average molecular weight is 347 g/mol. The van der Waals surface area contributed by atoms with Crippen molar-refractivity contribution in [3.63, 3.8) is 0 Å². The molecule has 2 aromatic heterocycles. The number of aliphatic carboxylic acids is 1. The first kappa shape index (κ1) is 17.2. The normalized spacial score (nSPS) is 20.4. The van der Waals surface area contributed by atoms with Crippen molar-refractivity contribution >= 4 is 17.7 Å². The zero-order valence-corrected chi connectivity index (χ0v) is 14.0. The molecule has 0 bridgehead atoms. The van der Waals surface area contributed by atoms with E-state index in [1.807, 2.05) is 17.7 Å². The summed E-state index contributed by atoms with van der Waals surface area (Å²) in [5.74, 6) is -0.483. The lowest BCUT2D eigenvalue weighted by Gasteiger charge is -2.30. The Bertz CT molecular complexity index is 753. The van der Waals surface area contributed by atoms with Crippen LogP contribution in [0.25, 0.3) is 0 Å². The second-order valence-corrected chi connectivity index (χ2v) is 5.89. The van der Waals surface area contributed by atoms with Crippen molar-refractivity contribution in [3.8, 4) is 0 Å². The number of amides is 1. The Morgan fingerprint density at radius 2 is 2.28 bits per heavy atom. The number of carboxylic acid groups (broad SMARTS) is 1. The lowest BCUT2D eigenvalue weighted by Crippen LogP contribution is -2.34. The highest BCUT2D eigenvalue weighted by Gasteiger charge is 2.35. The van der Waals surface area contributed by atoms with E-state index in [2.05, 4.69) is 15.4 Å². The third-order valence-corrected chi connectivity index (χ3v) is 4.19. The number of hydrogen-bond acceptors (Lipinski definition) is 5. The minimum Gasteiger partial charge on any atom is -0.480 e. The third-order valence-electron chi connectivity index (χ3n) is 4.19. The molecule has 3 heterocycles. The number of aryl methyl sites for hydroxylation is 1. The number of rotatable bonds is 6. The highest BCUT2D eigenvalue weighted by molar-refractivity contribution is 5.92. The molecule has 3 rings (SSSR count). The van der Waals surface area contributed by atoms with Crippen molar-refractivity contribution in [2.45, 2.75) is 39.0 Å². The minimum atomic E-state index is -0.992. The van der Waals surface area contributed by atoms with E-state index in [4.69, 9.17) is 9.84 Å². The molecule has 0 spiro atoms. The molecule has 0 aliphatic carbocycles. The molecular formula is C16H21N5O4. The van der Waals surface area contributed by atoms with Gasteiger partial charge in [0.2, 0.25) is 5.91 Å². The fourth-order valence-electron chi connectivity index (χ4n) is 3.02. The molecule has 1 aliphatic rings. The lowest BCUT2D eigenvalue weighted by atomic mass is 9.92. The van der Waals surface area contributed by atoms with Gasteiger partial charge in [-0.05, 0) is 19.8 Å². The van der Waals surface area contributed by atoms with Gasteiger partial charge in [-0.2, -0.15) is 5.10 Å². The van der Waals surface area contributed by atoms with Crippen LogP contribution in [0.5, 0.6) is 0 Å². The van der Waals surface area contributed by atoms with E-state index >= 15 is 0 Å². The second-order valence-electron chi connectivity index (χ2n) is 5.89. The number of hydrogen-bond donors (Lipinski definition) is 2. The van der Waals surface area contributed by atoms with E-state index in [0.29, 0.717) is 18.8 Å². The molecule has 0 unspecified atom stereocenters. The molecule has 2 atom stereocenters. The van der Waals surface area contributed by atoms with Crippen molar-refractivity contribution in [1.29, 1.82) is 0 Å². The molecule has 134 valence electrons. The van der Waals surface area contributed by atoms with Crippen molar-refractivity contribution in [2.24, 2.45) is 5.92 Å². The highest BCUT2D eigenvalue weighted by Crippen LogP contribution is 2.33. The van der Waals surface area contributed by atoms with Crippen molar-refractivity contribution < 1.29 is 19.4 Å². The summed E-state index contributed by atoms with van der Waals surface area (Å²) in [4.78, 5) is 27.8. The van der Waals surface area contributed by atoms with Crippen molar-refractivity contribution in [2.75, 3.05) is 11.9 Å². The van der Waals surface area contributed by atoms with Crippen LogP contribution >= 0.6 is 0 Å². The van der Waals surface area contributed by atoms with Gasteiger partial charge in [0.15, 0.2) is 5.82 Å². The third kappa shape index (κ3) is 3.87. The fraction of sp³-hybridized carbons (Fsp3) is 0.500. The molecule has 0 radical (unpaired) electrons. The zero-order chi connectivity index (χ0) is 17.8. The van der Waals surface area contributed by atoms with Gasteiger partial charge in [0.25, 0.3) is 0 Å². The summed E-state index contributed by atoms with van der Waals surface area (Å²) in [5.41, 5.74) is 0. The molecule has 2 aromatic rings. The summed E-state index contributed by atoms with van der Waals surface area (Å²) in [6.07, 6.45) is 6.19. The summed E-state index contributed by atoms with van der Waals surface area (Å²) >= 11 is 0. The molecule has 25 heavy (non-hydrogen) atoms. The molecule has 1 fully saturated rings. The average Bonchev–Trinajstić information content (AvgIpc) is 3.23. The van der Waals surface area contributed by atoms with E-state index in [1.54, 1.807) is 12.3 Å². The number of carbonyl (C=O) groups is 2. The number of nitrogens with one attached hydrogen (secondary N) is 1. The molecule has 2 N–H and O–H groups in total. The van der Waals surface area contributed by atoms with E-state index in [0.717, 1.165) is 18.8 Å². The van der Waals surface area contributed by atoms with Crippen LogP contribution in [-0.2, 0) is 27.4 Å². The minimum absolute atomic E-state index is 0.198. The van der Waals surface area contributed by atoms with Crippen LogP contribution in [-0.4, -0.2) is 42.9 Å². The van der Waals surface area contributed by atoms with Crippen LogP contribution in [0.2, 0.25) is 0 Å². The standard InChI is InChI=1S/C16H21N5O4/c1-2-20-8-6-17-15(20)14-11(4-3-9-25-14)16(24)18-12-5-7-21(19-12)10-13(22)23/h5-8,11,14H,2-4,9-10H2,1H3,(H,22,23)(H,18,19,24)/t11-,14-/m1/s1. The quantitative estimate of drug-likeness (QED) is 0.814. The summed E-state index contributed by atoms with van der Waals surface area (Å²) < 4.78 is 9.08. The predicted molar refractivity (Wildman–Crippen MR) is 87.8 cm³/mol. The van der Waals surface area contributed by atoms with Crippen LogP contribution < -0.4 is 5.32 Å². The Labute approximate surface area is 144 Å². The summed E-state index contributed by atoms with van der Waals surface area (Å²) in [5, 5.41) is 15.6. The van der Waals surface area contributed by atoms with Gasteiger partial charge in [0.05, 0.1) is 5.92 Å². The molecular weight excluding hydrogens is 326 g/mol. The van der Waals surface area contributed by atoms with E-state index in [-0.39, 0.29) is 18.4 Å². The smallest absolute Gasteiger partial charge is 0.325 e. The summed E-state index contributed by atoms with van der Waals surface area (Å²) in [7, 11) is 0. The van der Waals surface area contributed by atoms with Crippen LogP contribution in [0.3, 0.4) is 0 Å². The van der Waals surface area contributed by atoms with E-state index in [9.17, 15) is 9.59 Å². The molecule has 1 aliphatic heterocycles. The molecule has 1 amide bonds. The van der Waals surface area contributed by atoms with Gasteiger partial charge in [-0.25, -0.2) is 4.98 Å². The van der Waals surface area contributed by atoms with Gasteiger partial charge in [-0.3, -0.25) is 14.3 Å². The molecule has 9 nitrogen and oxygen atoms in total. The number of anilines is 1. The Kier molecular flexibility index (Phi) is 5.13. The first-order valence-corrected chi connectivity index (χ1v) is 8.27. The van der Waals surface area contributed by atoms with Crippen molar-refractivity contribution in [3.05, 3.63) is 30.5 Å². The SMILES string of the molecule is CCn1ccnc1[C@@H]1OCCC[C@H]1C(=O)Nc1ccn(CC(=O)O)n1. The fourth-order valence-corrected chi connectivity index (χ4v) is 3.02. The number of carbonyl (C=O) groups excluding carboxylic acids is 1. The molecule has 0 saturated carbocycles. The number of aromatic nitrogens is 4. The topological polar surface area (TPSA) is 111 Å². The second kappa shape index (κ2) is 7.47. The summed E-state index contributed by atoms with van der Waals surface area (Å²) in [6, 6.07) is 1.58. The number of imidazole rings is 1. The Morgan fingerprint density at radius 1 is 1.44 bits per heavy atom. The maximum atomic E-state index is 12.7. The largest absolute Gasteiger partial charge is 0.480 e. The lowest BCUT2D eigenvalue weighted by molar-refractivity contribution is -0.137. The van der Waals surface area contributed by atoms with Gasteiger partial charge in [-0.15, -0.1) is 0 Å². The number of carboxylic acids is 1. The van der Waals surface area contributed by atoms with Gasteiger partial charge in [-0.1, -0.05) is 0 Å². The Hall–Kier alpha value is -2.68. The molecule has 0 aromatic carbocycles. The van der Waals surface area contributed by atoms with E-state index < -0.39 is 12.1 Å². The van der Waals surface area contributed by atoms with Crippen LogP contribution in [0.1, 0.15) is 31.7 Å². The Balaban J connectivity index is 1.72. The number of ether oxygens (including phenoxy) is 1. The molecule has 1 saturated heterocycles. The van der Waals surface area contributed by atoms with E-state index in [1.165, 1.54) is 10.9 Å². The number of nitrogens with zero attached hydrogens (tertiary/aromatic N) is 4. The zero-order valence-electron chi connectivity index (χ0n) is 14.0. The van der Waals surface area contributed by atoms with Gasteiger partial charge >= 0.3 is 5.97 Å². The first-order valence-electron chi connectivity index (χ1n) is 8.27. The predicted octanol–water partition coefficient (Wildman–Crippen LogP) is 1.29. The first-order chi connectivity index (χ1) is 12.1. The van der Waals surface area contributed by atoms with Gasteiger partial charge in [0, 0.05) is 37.8 Å². The van der Waals surface area contributed by atoms with Crippen molar-refractivity contribution in [1.82, 2.24) is 19.3 Å². The Morgan fingerprint density at radius 3 is 3.04 bits per heavy atom. The summed E-state index contributed by atoms with van der Waals surface area (Å²) in [6.45, 7) is 3.11. The monoisotopic (exact) mass is 347 g/mol. The molecule has 9 heteroatoms.